The van der Waals surface area contributed by atoms with Gasteiger partial charge in [-0.25, -0.2) is 4.39 Å². The molecule has 5 heteroatoms. The van der Waals surface area contributed by atoms with E-state index in [1.54, 1.807) is 12.1 Å². The van der Waals surface area contributed by atoms with E-state index in [0.29, 0.717) is 6.54 Å². The molecule has 2 rings (SSSR count). The van der Waals surface area contributed by atoms with Crippen molar-refractivity contribution < 1.29 is 18.7 Å². The molecule has 1 aromatic carbocycles. The topological polar surface area (TPSA) is 47.6 Å². The van der Waals surface area contributed by atoms with Crippen LogP contribution in [-0.4, -0.2) is 33.0 Å². The van der Waals surface area contributed by atoms with E-state index >= 15 is 0 Å². The third-order valence-electron chi connectivity index (χ3n) is 3.99. The molecule has 1 N–H and O–H groups in total. The number of hydrogen-bond acceptors (Lipinski definition) is 3. The average Bonchev–Trinajstić information content (AvgIpc) is 2.41. The number of halogens is 1. The SMILES string of the molecule is COC(CNC(=O)C1(c2ccc(F)cc2)CCC1)OC. The van der Waals surface area contributed by atoms with Gasteiger partial charge in [-0.2, -0.15) is 0 Å². The number of carbonyl (C=O) groups excluding carboxylic acids is 1. The summed E-state index contributed by atoms with van der Waals surface area (Å²) in [5, 5.41) is 2.86. The molecule has 0 aromatic heterocycles. The van der Waals surface area contributed by atoms with Crippen molar-refractivity contribution in [3.8, 4) is 0 Å². The number of hydrogen-bond donors (Lipinski definition) is 1. The van der Waals surface area contributed by atoms with E-state index in [1.807, 2.05) is 0 Å². The Bertz CT molecular complexity index is 453. The smallest absolute Gasteiger partial charge is 0.230 e. The number of nitrogens with one attached hydrogen (secondary N) is 1. The van der Waals surface area contributed by atoms with Gasteiger partial charge in [-0.15, -0.1) is 0 Å². The Kier molecular flexibility index (Phi) is 4.73. The predicted molar refractivity (Wildman–Crippen MR) is 72.7 cm³/mol. The summed E-state index contributed by atoms with van der Waals surface area (Å²) in [6.45, 7) is 0.300. The number of ether oxygens (including phenoxy) is 2. The number of amides is 1. The second-order valence-electron chi connectivity index (χ2n) is 5.05. The lowest BCUT2D eigenvalue weighted by Gasteiger charge is -2.41. The van der Waals surface area contributed by atoms with Crippen LogP contribution in [0.15, 0.2) is 24.3 Å². The largest absolute Gasteiger partial charge is 0.354 e. The fourth-order valence-electron chi connectivity index (χ4n) is 2.55. The molecule has 0 aliphatic heterocycles. The first kappa shape index (κ1) is 14.9. The van der Waals surface area contributed by atoms with E-state index in [-0.39, 0.29) is 11.7 Å². The monoisotopic (exact) mass is 281 g/mol. The maximum atomic E-state index is 13.0. The van der Waals surface area contributed by atoms with Gasteiger partial charge >= 0.3 is 0 Å². The summed E-state index contributed by atoms with van der Waals surface area (Å²) in [6.07, 6.45) is 2.12. The van der Waals surface area contributed by atoms with Gasteiger partial charge in [-0.05, 0) is 30.5 Å². The lowest BCUT2D eigenvalue weighted by Crippen LogP contribution is -2.51. The maximum absolute atomic E-state index is 13.0. The molecule has 0 heterocycles. The van der Waals surface area contributed by atoms with Crippen molar-refractivity contribution in [3.05, 3.63) is 35.6 Å². The molecule has 1 aliphatic rings. The van der Waals surface area contributed by atoms with Crippen LogP contribution >= 0.6 is 0 Å². The van der Waals surface area contributed by atoms with Crippen molar-refractivity contribution in [3.63, 3.8) is 0 Å². The molecule has 0 spiro atoms. The molecule has 0 bridgehead atoms. The normalized spacial score (nSPS) is 16.8. The molecule has 0 radical (unpaired) electrons. The standard InChI is InChI=1S/C15H20FNO3/c1-19-13(20-2)10-17-14(18)15(8-3-9-15)11-4-6-12(16)7-5-11/h4-7,13H,3,8-10H2,1-2H3,(H,17,18). The van der Waals surface area contributed by atoms with Gasteiger partial charge in [-0.3, -0.25) is 4.79 Å². The lowest BCUT2D eigenvalue weighted by atomic mass is 9.64. The minimum Gasteiger partial charge on any atom is -0.354 e. The van der Waals surface area contributed by atoms with Crippen molar-refractivity contribution in [2.45, 2.75) is 31.0 Å². The number of methoxy groups -OCH3 is 2. The van der Waals surface area contributed by atoms with Gasteiger partial charge in [0, 0.05) is 14.2 Å². The Morgan fingerprint density at radius 2 is 1.90 bits per heavy atom. The first-order valence-electron chi connectivity index (χ1n) is 6.72. The van der Waals surface area contributed by atoms with Crippen molar-refractivity contribution in [1.29, 1.82) is 0 Å². The van der Waals surface area contributed by atoms with E-state index in [9.17, 15) is 9.18 Å². The van der Waals surface area contributed by atoms with E-state index in [0.717, 1.165) is 24.8 Å². The first-order valence-corrected chi connectivity index (χ1v) is 6.72. The third-order valence-corrected chi connectivity index (χ3v) is 3.99. The lowest BCUT2D eigenvalue weighted by molar-refractivity contribution is -0.135. The molecule has 1 saturated carbocycles. The Hall–Kier alpha value is -1.46. The van der Waals surface area contributed by atoms with Crippen LogP contribution < -0.4 is 5.32 Å². The van der Waals surface area contributed by atoms with Crippen LogP contribution in [0.4, 0.5) is 4.39 Å². The van der Waals surface area contributed by atoms with E-state index < -0.39 is 11.7 Å². The Balaban J connectivity index is 2.07. The first-order chi connectivity index (χ1) is 9.62. The second-order valence-corrected chi connectivity index (χ2v) is 5.05. The van der Waals surface area contributed by atoms with Crippen LogP contribution in [0.1, 0.15) is 24.8 Å². The van der Waals surface area contributed by atoms with Crippen LogP contribution in [0, 0.1) is 5.82 Å². The Morgan fingerprint density at radius 1 is 1.30 bits per heavy atom. The van der Waals surface area contributed by atoms with Gasteiger partial charge in [0.15, 0.2) is 6.29 Å². The zero-order valence-corrected chi connectivity index (χ0v) is 11.8. The van der Waals surface area contributed by atoms with Crippen LogP contribution in [0.25, 0.3) is 0 Å². The zero-order chi connectivity index (χ0) is 14.6. The fourth-order valence-corrected chi connectivity index (χ4v) is 2.55. The molecule has 0 unspecified atom stereocenters. The van der Waals surface area contributed by atoms with Crippen molar-refractivity contribution >= 4 is 5.91 Å². The van der Waals surface area contributed by atoms with Gasteiger partial charge in [0.1, 0.15) is 5.82 Å². The second kappa shape index (κ2) is 6.33. The molecular weight excluding hydrogens is 261 g/mol. The third kappa shape index (κ3) is 2.83. The molecule has 1 aliphatic carbocycles. The highest BCUT2D eigenvalue weighted by Crippen LogP contribution is 2.43. The minimum absolute atomic E-state index is 0.0468. The summed E-state index contributed by atoms with van der Waals surface area (Å²) in [4.78, 5) is 12.5. The van der Waals surface area contributed by atoms with Crippen LogP contribution in [0.5, 0.6) is 0 Å². The summed E-state index contributed by atoms with van der Waals surface area (Å²) in [5.74, 6) is -0.336. The Morgan fingerprint density at radius 3 is 2.35 bits per heavy atom. The van der Waals surface area contributed by atoms with E-state index in [1.165, 1.54) is 26.4 Å². The summed E-state index contributed by atoms with van der Waals surface area (Å²) in [5.41, 5.74) is 0.341. The molecule has 20 heavy (non-hydrogen) atoms. The van der Waals surface area contributed by atoms with E-state index in [4.69, 9.17) is 9.47 Å². The molecule has 1 amide bonds. The molecular formula is C15H20FNO3. The van der Waals surface area contributed by atoms with Crippen LogP contribution in [0.2, 0.25) is 0 Å². The van der Waals surface area contributed by atoms with Crippen molar-refractivity contribution in [2.24, 2.45) is 0 Å². The highest BCUT2D eigenvalue weighted by molar-refractivity contribution is 5.89. The predicted octanol–water partition coefficient (Wildman–Crippen LogP) is 1.98. The minimum atomic E-state index is -0.528. The van der Waals surface area contributed by atoms with Gasteiger partial charge in [0.25, 0.3) is 0 Å². The quantitative estimate of drug-likeness (QED) is 0.811. The molecule has 110 valence electrons. The van der Waals surface area contributed by atoms with Gasteiger partial charge < -0.3 is 14.8 Å². The summed E-state index contributed by atoms with van der Waals surface area (Å²) in [7, 11) is 3.05. The number of rotatable bonds is 6. The number of benzene rings is 1. The van der Waals surface area contributed by atoms with Crippen LogP contribution in [0.3, 0.4) is 0 Å². The Labute approximate surface area is 118 Å². The molecule has 0 atom stereocenters. The summed E-state index contributed by atoms with van der Waals surface area (Å²) in [6, 6.07) is 6.18. The molecule has 1 fully saturated rings. The summed E-state index contributed by atoms with van der Waals surface area (Å²) >= 11 is 0. The number of carbonyl (C=O) groups is 1. The fraction of sp³-hybridized carbons (Fsp3) is 0.533. The maximum Gasteiger partial charge on any atom is 0.230 e. The molecule has 1 aromatic rings. The van der Waals surface area contributed by atoms with Gasteiger partial charge in [0.2, 0.25) is 5.91 Å². The summed E-state index contributed by atoms with van der Waals surface area (Å²) < 4.78 is 23.1. The van der Waals surface area contributed by atoms with Gasteiger partial charge in [-0.1, -0.05) is 18.6 Å². The van der Waals surface area contributed by atoms with E-state index in [2.05, 4.69) is 5.32 Å². The average molecular weight is 281 g/mol. The highest BCUT2D eigenvalue weighted by atomic mass is 19.1. The molecule has 0 saturated heterocycles. The van der Waals surface area contributed by atoms with Crippen molar-refractivity contribution in [1.82, 2.24) is 5.32 Å². The van der Waals surface area contributed by atoms with Crippen LogP contribution in [-0.2, 0) is 19.7 Å². The van der Waals surface area contributed by atoms with Crippen molar-refractivity contribution in [2.75, 3.05) is 20.8 Å². The molecule has 4 nitrogen and oxygen atoms in total. The highest BCUT2D eigenvalue weighted by Gasteiger charge is 2.45. The van der Waals surface area contributed by atoms with Gasteiger partial charge in [0.05, 0.1) is 12.0 Å². The zero-order valence-electron chi connectivity index (χ0n) is 11.8.